The van der Waals surface area contributed by atoms with Crippen molar-refractivity contribution in [2.45, 2.75) is 13.5 Å². The molecule has 0 saturated carbocycles. The van der Waals surface area contributed by atoms with Crippen LogP contribution in [0, 0.1) is 0 Å². The van der Waals surface area contributed by atoms with Crippen molar-refractivity contribution in [2.75, 3.05) is 0 Å². The van der Waals surface area contributed by atoms with E-state index in [4.69, 9.17) is 0 Å². The van der Waals surface area contributed by atoms with Gasteiger partial charge < -0.3 is 0 Å². The van der Waals surface area contributed by atoms with Gasteiger partial charge in [0.25, 0.3) is 5.56 Å². The van der Waals surface area contributed by atoms with Crippen molar-refractivity contribution < 1.29 is 0 Å². The van der Waals surface area contributed by atoms with Gasteiger partial charge in [0.1, 0.15) is 10.2 Å². The lowest BCUT2D eigenvalue weighted by molar-refractivity contribution is 0.703. The number of aromatic nitrogens is 3. The van der Waals surface area contributed by atoms with Crippen LogP contribution in [-0.4, -0.2) is 14.5 Å². The number of nitrogens with zero attached hydrogens (tertiary/aromatic N) is 3. The van der Waals surface area contributed by atoms with E-state index in [1.165, 1.54) is 10.9 Å². The molecule has 2 aromatic heterocycles. The van der Waals surface area contributed by atoms with Crippen molar-refractivity contribution in [3.63, 3.8) is 0 Å². The Morgan fingerprint density at radius 3 is 2.81 bits per heavy atom. The SMILES string of the molecule is CCn1cnc(-c2ccccn2)c(Br)c1=O. The summed E-state index contributed by atoms with van der Waals surface area (Å²) in [5.74, 6) is 0. The van der Waals surface area contributed by atoms with Crippen molar-refractivity contribution in [3.05, 3.63) is 45.5 Å². The lowest BCUT2D eigenvalue weighted by Gasteiger charge is -2.05. The van der Waals surface area contributed by atoms with Crippen LogP contribution in [-0.2, 0) is 6.54 Å². The van der Waals surface area contributed by atoms with Gasteiger partial charge in [0.2, 0.25) is 0 Å². The van der Waals surface area contributed by atoms with Crippen LogP contribution in [0.25, 0.3) is 11.4 Å². The van der Waals surface area contributed by atoms with E-state index >= 15 is 0 Å². The first-order valence-electron chi connectivity index (χ1n) is 4.90. The second-order valence-electron chi connectivity index (χ2n) is 3.21. The lowest BCUT2D eigenvalue weighted by Crippen LogP contribution is -2.21. The van der Waals surface area contributed by atoms with Gasteiger partial charge in [0.15, 0.2) is 0 Å². The van der Waals surface area contributed by atoms with E-state index in [9.17, 15) is 4.79 Å². The smallest absolute Gasteiger partial charge is 0.268 e. The van der Waals surface area contributed by atoms with Gasteiger partial charge in [-0.15, -0.1) is 0 Å². The molecule has 0 bridgehead atoms. The summed E-state index contributed by atoms with van der Waals surface area (Å²) in [6.07, 6.45) is 3.21. The fourth-order valence-electron chi connectivity index (χ4n) is 1.37. The molecule has 0 aromatic carbocycles. The minimum absolute atomic E-state index is 0.0850. The molecule has 0 radical (unpaired) electrons. The van der Waals surface area contributed by atoms with Crippen LogP contribution in [0.4, 0.5) is 0 Å². The third-order valence-electron chi connectivity index (χ3n) is 2.23. The summed E-state index contributed by atoms with van der Waals surface area (Å²) in [6.45, 7) is 2.50. The average Bonchev–Trinajstić information content (AvgIpc) is 2.34. The molecule has 16 heavy (non-hydrogen) atoms. The summed E-state index contributed by atoms with van der Waals surface area (Å²) in [6, 6.07) is 5.51. The molecule has 0 spiro atoms. The van der Waals surface area contributed by atoms with E-state index in [1.807, 2.05) is 25.1 Å². The zero-order valence-corrected chi connectivity index (χ0v) is 10.3. The maximum atomic E-state index is 11.8. The first kappa shape index (κ1) is 11.0. The highest BCUT2D eigenvalue weighted by Gasteiger charge is 2.10. The van der Waals surface area contributed by atoms with E-state index < -0.39 is 0 Å². The minimum Gasteiger partial charge on any atom is -0.299 e. The number of aryl methyl sites for hydroxylation is 1. The predicted molar refractivity (Wildman–Crippen MR) is 65.1 cm³/mol. The largest absolute Gasteiger partial charge is 0.299 e. The van der Waals surface area contributed by atoms with Gasteiger partial charge in [-0.1, -0.05) is 6.07 Å². The molecule has 2 heterocycles. The molecular weight excluding hydrogens is 270 g/mol. The van der Waals surface area contributed by atoms with Crippen LogP contribution >= 0.6 is 15.9 Å². The maximum Gasteiger partial charge on any atom is 0.268 e. The van der Waals surface area contributed by atoms with Crippen molar-refractivity contribution in [1.29, 1.82) is 0 Å². The van der Waals surface area contributed by atoms with Gasteiger partial charge in [0.05, 0.1) is 12.0 Å². The lowest BCUT2D eigenvalue weighted by atomic mass is 10.2. The number of pyridine rings is 1. The average molecular weight is 280 g/mol. The van der Waals surface area contributed by atoms with Gasteiger partial charge in [-0.2, -0.15) is 0 Å². The number of hydrogen-bond donors (Lipinski definition) is 0. The highest BCUT2D eigenvalue weighted by atomic mass is 79.9. The molecule has 0 fully saturated rings. The van der Waals surface area contributed by atoms with Crippen LogP contribution in [0.1, 0.15) is 6.92 Å². The van der Waals surface area contributed by atoms with Gasteiger partial charge in [-0.25, -0.2) is 4.98 Å². The van der Waals surface area contributed by atoms with E-state index in [0.29, 0.717) is 22.4 Å². The van der Waals surface area contributed by atoms with E-state index in [-0.39, 0.29) is 5.56 Å². The molecule has 0 aliphatic heterocycles. The van der Waals surface area contributed by atoms with Gasteiger partial charge in [0, 0.05) is 12.7 Å². The van der Waals surface area contributed by atoms with Crippen molar-refractivity contribution in [2.24, 2.45) is 0 Å². The molecular formula is C11H10BrN3O. The Morgan fingerprint density at radius 2 is 2.19 bits per heavy atom. The highest BCUT2D eigenvalue weighted by molar-refractivity contribution is 9.10. The van der Waals surface area contributed by atoms with Gasteiger partial charge in [-0.3, -0.25) is 14.3 Å². The van der Waals surface area contributed by atoms with Crippen molar-refractivity contribution in [3.8, 4) is 11.4 Å². The predicted octanol–water partition coefficient (Wildman–Crippen LogP) is 2.09. The molecule has 4 nitrogen and oxygen atoms in total. The minimum atomic E-state index is -0.0850. The molecule has 0 N–H and O–H groups in total. The second kappa shape index (κ2) is 4.57. The molecule has 0 saturated heterocycles. The zero-order valence-electron chi connectivity index (χ0n) is 8.72. The Morgan fingerprint density at radius 1 is 1.38 bits per heavy atom. The molecule has 82 valence electrons. The van der Waals surface area contributed by atoms with E-state index in [0.717, 1.165) is 0 Å². The topological polar surface area (TPSA) is 47.8 Å². The van der Waals surface area contributed by atoms with Crippen LogP contribution in [0.2, 0.25) is 0 Å². The molecule has 2 rings (SSSR count). The fraction of sp³-hybridized carbons (Fsp3) is 0.182. The quantitative estimate of drug-likeness (QED) is 0.846. The van der Waals surface area contributed by atoms with Crippen molar-refractivity contribution >= 4 is 15.9 Å². The summed E-state index contributed by atoms with van der Waals surface area (Å²) in [5.41, 5.74) is 1.18. The molecule has 0 unspecified atom stereocenters. The molecule has 0 aliphatic rings. The fourth-order valence-corrected chi connectivity index (χ4v) is 1.90. The van der Waals surface area contributed by atoms with Crippen LogP contribution in [0.5, 0.6) is 0 Å². The van der Waals surface area contributed by atoms with Crippen molar-refractivity contribution in [1.82, 2.24) is 14.5 Å². The zero-order chi connectivity index (χ0) is 11.5. The molecule has 5 heteroatoms. The van der Waals surface area contributed by atoms with Crippen LogP contribution in [0.15, 0.2) is 40.0 Å². The second-order valence-corrected chi connectivity index (χ2v) is 4.01. The molecule has 0 atom stereocenters. The maximum absolute atomic E-state index is 11.8. The Kier molecular flexibility index (Phi) is 3.14. The first-order chi connectivity index (χ1) is 7.74. The Hall–Kier alpha value is -1.49. The number of hydrogen-bond acceptors (Lipinski definition) is 3. The molecule has 0 aliphatic carbocycles. The van der Waals surface area contributed by atoms with E-state index in [1.54, 1.807) is 6.20 Å². The summed E-state index contributed by atoms with van der Waals surface area (Å²) in [5, 5.41) is 0. The van der Waals surface area contributed by atoms with Crippen LogP contribution < -0.4 is 5.56 Å². The molecule has 2 aromatic rings. The third kappa shape index (κ3) is 1.90. The first-order valence-corrected chi connectivity index (χ1v) is 5.69. The summed E-state index contributed by atoms with van der Waals surface area (Å²) in [4.78, 5) is 20.2. The molecule has 0 amide bonds. The van der Waals surface area contributed by atoms with Gasteiger partial charge in [-0.05, 0) is 35.0 Å². The van der Waals surface area contributed by atoms with Gasteiger partial charge >= 0.3 is 0 Å². The van der Waals surface area contributed by atoms with Crippen LogP contribution in [0.3, 0.4) is 0 Å². The third-order valence-corrected chi connectivity index (χ3v) is 2.95. The highest BCUT2D eigenvalue weighted by Crippen LogP contribution is 2.20. The number of halogens is 1. The normalized spacial score (nSPS) is 10.4. The Bertz CT molecular complexity index is 551. The summed E-state index contributed by atoms with van der Waals surface area (Å²) < 4.78 is 1.99. The Balaban J connectivity index is 2.61. The monoisotopic (exact) mass is 279 g/mol. The number of rotatable bonds is 2. The van der Waals surface area contributed by atoms with E-state index in [2.05, 4.69) is 25.9 Å². The Labute approximate surface area is 101 Å². The summed E-state index contributed by atoms with van der Waals surface area (Å²) in [7, 11) is 0. The standard InChI is InChI=1S/C11H10BrN3O/c1-2-15-7-14-10(9(12)11(15)16)8-5-3-4-6-13-8/h3-7H,2H2,1H3. The summed E-state index contributed by atoms with van der Waals surface area (Å²) >= 11 is 3.27.